The summed E-state index contributed by atoms with van der Waals surface area (Å²) in [5.74, 6) is 0.314. The SMILES string of the molecule is O=C(N/N=C\c1cc(Br)ccc1OCc1ccc(Cl)cc1)c1ccc(Cl)cc1. The number of carbonyl (C=O) groups excluding carboxylic acids is 1. The Balaban J connectivity index is 1.67. The Kier molecular flexibility index (Phi) is 7.09. The normalized spacial score (nSPS) is 10.8. The van der Waals surface area contributed by atoms with Gasteiger partial charge >= 0.3 is 0 Å². The number of amides is 1. The minimum absolute atomic E-state index is 0.327. The van der Waals surface area contributed by atoms with Crippen molar-refractivity contribution in [1.82, 2.24) is 5.43 Å². The van der Waals surface area contributed by atoms with Crippen molar-refractivity contribution in [3.8, 4) is 5.75 Å². The van der Waals surface area contributed by atoms with Crippen molar-refractivity contribution in [2.45, 2.75) is 6.61 Å². The second kappa shape index (κ2) is 9.73. The molecule has 28 heavy (non-hydrogen) atoms. The minimum Gasteiger partial charge on any atom is -0.488 e. The van der Waals surface area contributed by atoms with Crippen molar-refractivity contribution >= 4 is 51.3 Å². The van der Waals surface area contributed by atoms with E-state index in [-0.39, 0.29) is 5.91 Å². The van der Waals surface area contributed by atoms with Gasteiger partial charge in [0.1, 0.15) is 12.4 Å². The molecule has 0 aromatic heterocycles. The molecular weight excluding hydrogens is 463 g/mol. The Morgan fingerprint density at radius 3 is 2.32 bits per heavy atom. The summed E-state index contributed by atoms with van der Waals surface area (Å²) in [5.41, 5.74) is 4.68. The molecule has 0 saturated carbocycles. The highest BCUT2D eigenvalue weighted by Gasteiger charge is 2.06. The molecule has 4 nitrogen and oxygen atoms in total. The first kappa shape index (κ1) is 20.4. The van der Waals surface area contributed by atoms with E-state index < -0.39 is 0 Å². The molecule has 3 aromatic rings. The van der Waals surface area contributed by atoms with Crippen LogP contribution in [0.15, 0.2) is 76.3 Å². The topological polar surface area (TPSA) is 50.7 Å². The van der Waals surface area contributed by atoms with Gasteiger partial charge in [0.2, 0.25) is 0 Å². The molecule has 3 aromatic carbocycles. The third kappa shape index (κ3) is 5.83. The van der Waals surface area contributed by atoms with Crippen LogP contribution >= 0.6 is 39.1 Å². The molecule has 0 heterocycles. The van der Waals surface area contributed by atoms with Crippen LogP contribution < -0.4 is 10.2 Å². The lowest BCUT2D eigenvalue weighted by Crippen LogP contribution is -2.17. The second-order valence-corrected chi connectivity index (χ2v) is 7.59. The fourth-order valence-corrected chi connectivity index (χ4v) is 2.95. The monoisotopic (exact) mass is 476 g/mol. The molecule has 0 fully saturated rings. The number of rotatable bonds is 6. The van der Waals surface area contributed by atoms with E-state index in [1.54, 1.807) is 24.3 Å². The summed E-state index contributed by atoms with van der Waals surface area (Å²) in [4.78, 5) is 12.1. The average Bonchev–Trinajstić information content (AvgIpc) is 2.69. The van der Waals surface area contributed by atoms with Gasteiger partial charge in [0.15, 0.2) is 0 Å². The van der Waals surface area contributed by atoms with Crippen molar-refractivity contribution in [2.24, 2.45) is 5.10 Å². The molecule has 0 unspecified atom stereocenters. The van der Waals surface area contributed by atoms with Crippen molar-refractivity contribution < 1.29 is 9.53 Å². The van der Waals surface area contributed by atoms with E-state index in [4.69, 9.17) is 27.9 Å². The molecule has 7 heteroatoms. The highest BCUT2D eigenvalue weighted by Crippen LogP contribution is 2.23. The molecule has 3 rings (SSSR count). The van der Waals surface area contributed by atoms with Crippen LogP contribution in [-0.4, -0.2) is 12.1 Å². The zero-order valence-electron chi connectivity index (χ0n) is 14.5. The van der Waals surface area contributed by atoms with Crippen LogP contribution in [0.1, 0.15) is 21.5 Å². The Morgan fingerprint density at radius 1 is 1.00 bits per heavy atom. The van der Waals surface area contributed by atoms with Crippen LogP contribution in [0.3, 0.4) is 0 Å². The Labute approximate surface area is 181 Å². The van der Waals surface area contributed by atoms with Crippen LogP contribution in [0.4, 0.5) is 0 Å². The molecule has 0 radical (unpaired) electrons. The highest BCUT2D eigenvalue weighted by molar-refractivity contribution is 9.10. The molecule has 142 valence electrons. The van der Waals surface area contributed by atoms with Gasteiger partial charge in [-0.2, -0.15) is 5.10 Å². The Hall–Kier alpha value is -2.34. The van der Waals surface area contributed by atoms with Gasteiger partial charge in [0, 0.05) is 25.6 Å². The molecule has 0 spiro atoms. The van der Waals surface area contributed by atoms with Crippen molar-refractivity contribution in [3.63, 3.8) is 0 Å². The molecule has 0 bridgehead atoms. The predicted molar refractivity (Wildman–Crippen MR) is 116 cm³/mol. The summed E-state index contributed by atoms with van der Waals surface area (Å²) < 4.78 is 6.76. The van der Waals surface area contributed by atoms with Crippen LogP contribution in [0.5, 0.6) is 5.75 Å². The number of nitrogens with one attached hydrogen (secondary N) is 1. The van der Waals surface area contributed by atoms with Gasteiger partial charge in [-0.1, -0.05) is 51.3 Å². The maximum Gasteiger partial charge on any atom is 0.271 e. The van der Waals surface area contributed by atoms with Crippen molar-refractivity contribution in [3.05, 3.63) is 97.9 Å². The minimum atomic E-state index is -0.327. The number of hydrogen-bond donors (Lipinski definition) is 1. The van der Waals surface area contributed by atoms with Crippen molar-refractivity contribution in [1.29, 1.82) is 0 Å². The first-order valence-corrected chi connectivity index (χ1v) is 9.82. The van der Waals surface area contributed by atoms with Gasteiger partial charge in [-0.05, 0) is 60.2 Å². The molecule has 0 aliphatic carbocycles. The van der Waals surface area contributed by atoms with E-state index in [2.05, 4.69) is 26.5 Å². The zero-order chi connectivity index (χ0) is 19.9. The first-order valence-electron chi connectivity index (χ1n) is 8.27. The fraction of sp³-hybridized carbons (Fsp3) is 0.0476. The highest BCUT2D eigenvalue weighted by atomic mass is 79.9. The van der Waals surface area contributed by atoms with E-state index in [9.17, 15) is 4.79 Å². The number of hydrogen-bond acceptors (Lipinski definition) is 3. The zero-order valence-corrected chi connectivity index (χ0v) is 17.6. The quantitative estimate of drug-likeness (QED) is 0.344. The number of ether oxygens (including phenoxy) is 1. The predicted octanol–water partition coefficient (Wildman–Crippen LogP) is 6.10. The van der Waals surface area contributed by atoms with Gasteiger partial charge in [-0.15, -0.1) is 0 Å². The second-order valence-electron chi connectivity index (χ2n) is 5.80. The summed E-state index contributed by atoms with van der Waals surface area (Å²) >= 11 is 15.2. The number of carbonyl (C=O) groups is 1. The van der Waals surface area contributed by atoms with Crippen LogP contribution in [0.2, 0.25) is 10.0 Å². The van der Waals surface area contributed by atoms with E-state index in [0.717, 1.165) is 15.6 Å². The van der Waals surface area contributed by atoms with Gasteiger partial charge < -0.3 is 4.74 Å². The van der Waals surface area contributed by atoms with Gasteiger partial charge in [-0.3, -0.25) is 4.79 Å². The standard InChI is InChI=1S/C21H15BrCl2N2O2/c22-17-5-10-20(28-13-14-1-6-18(23)7-2-14)16(11-17)12-25-26-21(27)15-3-8-19(24)9-4-15/h1-12H,13H2,(H,26,27)/b25-12-. The molecule has 1 amide bonds. The van der Waals surface area contributed by atoms with E-state index in [1.165, 1.54) is 6.21 Å². The first-order chi connectivity index (χ1) is 13.5. The van der Waals surface area contributed by atoms with Gasteiger partial charge in [0.25, 0.3) is 5.91 Å². The number of halogens is 3. The molecule has 0 saturated heterocycles. The summed E-state index contributed by atoms with van der Waals surface area (Å²) in [6.07, 6.45) is 1.54. The molecule has 0 atom stereocenters. The number of nitrogens with zero attached hydrogens (tertiary/aromatic N) is 1. The van der Waals surface area contributed by atoms with E-state index >= 15 is 0 Å². The summed E-state index contributed by atoms with van der Waals surface area (Å²) in [7, 11) is 0. The van der Waals surface area contributed by atoms with Crippen molar-refractivity contribution in [2.75, 3.05) is 0 Å². The maximum absolute atomic E-state index is 12.1. The Bertz CT molecular complexity index is 990. The van der Waals surface area contributed by atoms with Gasteiger partial charge in [-0.25, -0.2) is 5.43 Å². The lowest BCUT2D eigenvalue weighted by atomic mass is 10.2. The molecular formula is C21H15BrCl2N2O2. The van der Waals surface area contributed by atoms with Crippen LogP contribution in [0, 0.1) is 0 Å². The lowest BCUT2D eigenvalue weighted by molar-refractivity contribution is 0.0955. The summed E-state index contributed by atoms with van der Waals surface area (Å²) in [5, 5.41) is 5.28. The molecule has 0 aliphatic rings. The summed E-state index contributed by atoms with van der Waals surface area (Å²) in [6, 6.07) is 19.6. The molecule has 0 aliphatic heterocycles. The number of benzene rings is 3. The maximum atomic E-state index is 12.1. The molecule has 1 N–H and O–H groups in total. The van der Waals surface area contributed by atoms with E-state index in [1.807, 2.05) is 42.5 Å². The smallest absolute Gasteiger partial charge is 0.271 e. The lowest BCUT2D eigenvalue weighted by Gasteiger charge is -2.10. The Morgan fingerprint density at radius 2 is 1.64 bits per heavy atom. The van der Waals surface area contributed by atoms with Crippen LogP contribution in [-0.2, 0) is 6.61 Å². The third-order valence-corrected chi connectivity index (χ3v) is 4.75. The summed E-state index contributed by atoms with van der Waals surface area (Å²) in [6.45, 7) is 0.386. The fourth-order valence-electron chi connectivity index (χ4n) is 2.32. The third-order valence-electron chi connectivity index (χ3n) is 3.76. The van der Waals surface area contributed by atoms with Gasteiger partial charge in [0.05, 0.1) is 6.21 Å². The van der Waals surface area contributed by atoms with E-state index in [0.29, 0.717) is 28.0 Å². The largest absolute Gasteiger partial charge is 0.488 e. The van der Waals surface area contributed by atoms with Crippen LogP contribution in [0.25, 0.3) is 0 Å². The number of hydrazone groups is 1. The average molecular weight is 478 g/mol.